The number of nitrogen functional groups attached to an aromatic ring is 1. The number of nitrogens with two attached hydrogens (primary N) is 1. The smallest absolute Gasteiger partial charge is 0.128 e. The van der Waals surface area contributed by atoms with E-state index in [0.717, 1.165) is 18.5 Å². The van der Waals surface area contributed by atoms with Gasteiger partial charge in [-0.2, -0.15) is 0 Å². The number of hydrogen-bond acceptors (Lipinski definition) is 4. The van der Waals surface area contributed by atoms with E-state index < -0.39 is 0 Å². The molecule has 0 aliphatic rings. The fourth-order valence-electron chi connectivity index (χ4n) is 2.30. The van der Waals surface area contributed by atoms with Crippen molar-refractivity contribution in [1.29, 1.82) is 0 Å². The van der Waals surface area contributed by atoms with Gasteiger partial charge < -0.3 is 11.1 Å². The molecule has 2 heterocycles. The minimum absolute atomic E-state index is 0.0239. The molecule has 1 atom stereocenters. The van der Waals surface area contributed by atoms with Crippen LogP contribution in [0.25, 0.3) is 0 Å². The number of aromatic nitrogens is 2. The lowest BCUT2D eigenvalue weighted by atomic mass is 9.95. The van der Waals surface area contributed by atoms with E-state index in [1.165, 1.54) is 11.1 Å². The first kappa shape index (κ1) is 14.8. The van der Waals surface area contributed by atoms with E-state index in [1.54, 1.807) is 12.4 Å². The number of halogens is 1. The van der Waals surface area contributed by atoms with Gasteiger partial charge in [0.15, 0.2) is 0 Å². The van der Waals surface area contributed by atoms with Crippen LogP contribution in [-0.4, -0.2) is 16.5 Å². The van der Waals surface area contributed by atoms with Crippen molar-refractivity contribution in [3.8, 4) is 0 Å². The summed E-state index contributed by atoms with van der Waals surface area (Å²) in [5, 5.41) is 4.04. The molecule has 2 aromatic rings. The topological polar surface area (TPSA) is 63.8 Å². The quantitative estimate of drug-likeness (QED) is 0.888. The number of pyridine rings is 2. The molecule has 0 saturated carbocycles. The van der Waals surface area contributed by atoms with Crippen molar-refractivity contribution in [2.24, 2.45) is 0 Å². The molecule has 2 aromatic heterocycles. The Bertz CT molecular complexity index is 586. The SMILES string of the molecule is CCNC(c1ccncc1CC)c1cc(Cl)cnc1N. The normalized spacial score (nSPS) is 12.3. The second-order valence-electron chi connectivity index (χ2n) is 4.55. The third-order valence-corrected chi connectivity index (χ3v) is 3.48. The van der Waals surface area contributed by atoms with Crippen molar-refractivity contribution >= 4 is 17.4 Å². The maximum Gasteiger partial charge on any atom is 0.128 e. The molecule has 1 unspecified atom stereocenters. The minimum Gasteiger partial charge on any atom is -0.383 e. The Morgan fingerprint density at radius 3 is 2.80 bits per heavy atom. The Labute approximate surface area is 124 Å². The highest BCUT2D eigenvalue weighted by molar-refractivity contribution is 6.30. The summed E-state index contributed by atoms with van der Waals surface area (Å²) in [4.78, 5) is 8.34. The average molecular weight is 291 g/mol. The number of aryl methyl sites for hydroxylation is 1. The molecule has 0 bridgehead atoms. The molecule has 2 rings (SSSR count). The number of anilines is 1. The van der Waals surface area contributed by atoms with Crippen molar-refractivity contribution < 1.29 is 0 Å². The molecule has 0 amide bonds. The Kier molecular flexibility index (Phi) is 4.93. The average Bonchev–Trinajstić information content (AvgIpc) is 2.47. The summed E-state index contributed by atoms with van der Waals surface area (Å²) in [6.45, 7) is 5.00. The van der Waals surface area contributed by atoms with Crippen LogP contribution in [0.5, 0.6) is 0 Å². The van der Waals surface area contributed by atoms with Gasteiger partial charge in [0.2, 0.25) is 0 Å². The van der Waals surface area contributed by atoms with Gasteiger partial charge in [-0.3, -0.25) is 4.98 Å². The van der Waals surface area contributed by atoms with Gasteiger partial charge in [0, 0.05) is 24.2 Å². The predicted octanol–water partition coefficient (Wildman–Crippen LogP) is 2.97. The molecule has 106 valence electrons. The van der Waals surface area contributed by atoms with E-state index in [1.807, 2.05) is 18.3 Å². The van der Waals surface area contributed by atoms with Crippen molar-refractivity contribution in [3.05, 3.63) is 52.4 Å². The lowest BCUT2D eigenvalue weighted by Crippen LogP contribution is -2.24. The molecule has 0 aromatic carbocycles. The van der Waals surface area contributed by atoms with Crippen LogP contribution in [-0.2, 0) is 6.42 Å². The fraction of sp³-hybridized carbons (Fsp3) is 0.333. The molecule has 0 radical (unpaired) electrons. The molecule has 4 nitrogen and oxygen atoms in total. The van der Waals surface area contributed by atoms with Crippen LogP contribution in [0.2, 0.25) is 5.02 Å². The summed E-state index contributed by atoms with van der Waals surface area (Å²) in [6, 6.07) is 3.87. The maximum absolute atomic E-state index is 6.06. The molecule has 5 heteroatoms. The van der Waals surface area contributed by atoms with Crippen molar-refractivity contribution in [1.82, 2.24) is 15.3 Å². The molecule has 3 N–H and O–H groups in total. The van der Waals surface area contributed by atoms with Gasteiger partial charge in [0.25, 0.3) is 0 Å². The van der Waals surface area contributed by atoms with Crippen molar-refractivity contribution in [2.75, 3.05) is 12.3 Å². The van der Waals surface area contributed by atoms with Gasteiger partial charge in [-0.25, -0.2) is 4.98 Å². The molecule has 20 heavy (non-hydrogen) atoms. The van der Waals surface area contributed by atoms with Crippen LogP contribution in [0.4, 0.5) is 5.82 Å². The van der Waals surface area contributed by atoms with E-state index >= 15 is 0 Å². The van der Waals surface area contributed by atoms with E-state index in [0.29, 0.717) is 10.8 Å². The third-order valence-electron chi connectivity index (χ3n) is 3.27. The van der Waals surface area contributed by atoms with Crippen molar-refractivity contribution in [3.63, 3.8) is 0 Å². The van der Waals surface area contributed by atoms with E-state index in [-0.39, 0.29) is 6.04 Å². The molecular formula is C15H19ClN4. The second-order valence-corrected chi connectivity index (χ2v) is 4.98. The van der Waals surface area contributed by atoms with E-state index in [4.69, 9.17) is 17.3 Å². The second kappa shape index (κ2) is 6.68. The van der Waals surface area contributed by atoms with Crippen LogP contribution in [0, 0.1) is 0 Å². The van der Waals surface area contributed by atoms with Gasteiger partial charge in [-0.1, -0.05) is 25.4 Å². The Morgan fingerprint density at radius 2 is 2.10 bits per heavy atom. The van der Waals surface area contributed by atoms with Gasteiger partial charge in [-0.15, -0.1) is 0 Å². The number of nitrogens with one attached hydrogen (secondary N) is 1. The lowest BCUT2D eigenvalue weighted by Gasteiger charge is -2.22. The molecular weight excluding hydrogens is 272 g/mol. The number of nitrogens with zero attached hydrogens (tertiary/aromatic N) is 2. The van der Waals surface area contributed by atoms with Gasteiger partial charge in [0.1, 0.15) is 5.82 Å². The van der Waals surface area contributed by atoms with E-state index in [9.17, 15) is 0 Å². The highest BCUT2D eigenvalue weighted by Gasteiger charge is 2.19. The summed E-state index contributed by atoms with van der Waals surface area (Å²) < 4.78 is 0. The standard InChI is InChI=1S/C15H19ClN4/c1-3-10-8-18-6-5-12(10)14(19-4-2)13-7-11(16)9-20-15(13)17/h5-9,14,19H,3-4H2,1-2H3,(H2,17,20). The molecule has 0 fully saturated rings. The maximum atomic E-state index is 6.06. The van der Waals surface area contributed by atoms with Crippen LogP contribution in [0.15, 0.2) is 30.7 Å². The zero-order valence-corrected chi connectivity index (χ0v) is 12.5. The monoisotopic (exact) mass is 290 g/mol. The van der Waals surface area contributed by atoms with Crippen LogP contribution < -0.4 is 11.1 Å². The molecule has 0 spiro atoms. The summed E-state index contributed by atoms with van der Waals surface area (Å²) in [6.07, 6.45) is 6.18. The number of rotatable bonds is 5. The zero-order chi connectivity index (χ0) is 14.5. The largest absolute Gasteiger partial charge is 0.383 e. The highest BCUT2D eigenvalue weighted by atomic mass is 35.5. The highest BCUT2D eigenvalue weighted by Crippen LogP contribution is 2.29. The predicted molar refractivity (Wildman–Crippen MR) is 82.8 cm³/mol. The Morgan fingerprint density at radius 1 is 1.30 bits per heavy atom. The molecule has 0 aliphatic carbocycles. The molecule has 0 aliphatic heterocycles. The molecule has 0 saturated heterocycles. The van der Waals surface area contributed by atoms with Crippen molar-refractivity contribution in [2.45, 2.75) is 26.3 Å². The first-order valence-electron chi connectivity index (χ1n) is 6.74. The third kappa shape index (κ3) is 3.08. The Hall–Kier alpha value is -1.65. The van der Waals surface area contributed by atoms with Crippen LogP contribution in [0.1, 0.15) is 36.6 Å². The number of hydrogen-bond donors (Lipinski definition) is 2. The fourth-order valence-corrected chi connectivity index (χ4v) is 2.47. The first-order valence-corrected chi connectivity index (χ1v) is 7.12. The summed E-state index contributed by atoms with van der Waals surface area (Å²) in [5.41, 5.74) is 9.29. The lowest BCUT2D eigenvalue weighted by molar-refractivity contribution is 0.624. The van der Waals surface area contributed by atoms with Gasteiger partial charge in [-0.05, 0) is 36.2 Å². The van der Waals surface area contributed by atoms with Crippen LogP contribution in [0.3, 0.4) is 0 Å². The summed E-state index contributed by atoms with van der Waals surface area (Å²) in [7, 11) is 0. The first-order chi connectivity index (χ1) is 9.67. The minimum atomic E-state index is -0.0239. The summed E-state index contributed by atoms with van der Waals surface area (Å²) >= 11 is 6.06. The van der Waals surface area contributed by atoms with Gasteiger partial charge in [0.05, 0.1) is 11.1 Å². The van der Waals surface area contributed by atoms with Crippen LogP contribution >= 0.6 is 11.6 Å². The van der Waals surface area contributed by atoms with Gasteiger partial charge >= 0.3 is 0 Å². The zero-order valence-electron chi connectivity index (χ0n) is 11.7. The van der Waals surface area contributed by atoms with E-state index in [2.05, 4.69) is 29.1 Å². The Balaban J connectivity index is 2.53. The summed E-state index contributed by atoms with van der Waals surface area (Å²) in [5.74, 6) is 0.499.